The van der Waals surface area contributed by atoms with Crippen LogP contribution < -0.4 is 10.6 Å². The van der Waals surface area contributed by atoms with E-state index in [1.165, 1.54) is 11.3 Å². The highest BCUT2D eigenvalue weighted by Gasteiger charge is 2.28. The van der Waals surface area contributed by atoms with Gasteiger partial charge in [0.05, 0.1) is 6.61 Å². The molecule has 1 heterocycles. The van der Waals surface area contributed by atoms with Gasteiger partial charge < -0.3 is 15.4 Å². The Morgan fingerprint density at radius 1 is 1.44 bits per heavy atom. The molecule has 0 saturated heterocycles. The lowest BCUT2D eigenvalue weighted by atomic mass is 9.98. The van der Waals surface area contributed by atoms with E-state index in [9.17, 15) is 0 Å². The van der Waals surface area contributed by atoms with Gasteiger partial charge in [-0.3, -0.25) is 0 Å². The van der Waals surface area contributed by atoms with Crippen molar-refractivity contribution in [1.29, 1.82) is 0 Å². The maximum Gasteiger partial charge on any atom is 0.0504 e. The van der Waals surface area contributed by atoms with Gasteiger partial charge in [0.1, 0.15) is 0 Å². The molecule has 1 aliphatic heterocycles. The molecule has 0 aliphatic carbocycles. The zero-order valence-corrected chi connectivity index (χ0v) is 11.4. The Hall–Kier alpha value is -1.06. The van der Waals surface area contributed by atoms with Gasteiger partial charge in [0.2, 0.25) is 0 Å². The van der Waals surface area contributed by atoms with Crippen LogP contribution in [-0.2, 0) is 4.74 Å². The van der Waals surface area contributed by atoms with Gasteiger partial charge in [-0.1, -0.05) is 25.1 Å². The third-order valence-electron chi connectivity index (χ3n) is 3.66. The number of nitrogens with two attached hydrogens (primary N) is 1. The Kier molecular flexibility index (Phi) is 4.61. The van der Waals surface area contributed by atoms with Crippen molar-refractivity contribution in [2.45, 2.75) is 19.3 Å². The molecule has 3 heteroatoms. The molecule has 0 saturated carbocycles. The number of benzene rings is 1. The van der Waals surface area contributed by atoms with Crippen molar-refractivity contribution >= 4 is 5.69 Å². The van der Waals surface area contributed by atoms with Gasteiger partial charge in [-0.2, -0.15) is 0 Å². The summed E-state index contributed by atoms with van der Waals surface area (Å²) in [6.07, 6.45) is 1.08. The zero-order valence-electron chi connectivity index (χ0n) is 11.4. The molecule has 2 atom stereocenters. The second-order valence-electron chi connectivity index (χ2n) is 5.30. The maximum atomic E-state index is 5.72. The van der Waals surface area contributed by atoms with Gasteiger partial charge in [-0.25, -0.2) is 0 Å². The predicted octanol–water partition coefficient (Wildman–Crippen LogP) is 2.22. The first kappa shape index (κ1) is 13.4. The largest absolute Gasteiger partial charge is 0.384 e. The van der Waals surface area contributed by atoms with Gasteiger partial charge in [0.15, 0.2) is 0 Å². The number of nitrogens with zero attached hydrogens (tertiary/aromatic N) is 1. The van der Waals surface area contributed by atoms with Gasteiger partial charge in [0, 0.05) is 31.8 Å². The van der Waals surface area contributed by atoms with E-state index < -0.39 is 0 Å². The third kappa shape index (κ3) is 2.85. The van der Waals surface area contributed by atoms with Gasteiger partial charge in [-0.15, -0.1) is 0 Å². The molecule has 0 bridgehead atoms. The minimum absolute atomic E-state index is 0.555. The van der Waals surface area contributed by atoms with E-state index >= 15 is 0 Å². The van der Waals surface area contributed by atoms with Crippen molar-refractivity contribution < 1.29 is 4.74 Å². The Labute approximate surface area is 110 Å². The molecule has 2 unspecified atom stereocenters. The van der Waals surface area contributed by atoms with Crippen LogP contribution in [0.5, 0.6) is 0 Å². The average molecular weight is 248 g/mol. The SMILES string of the molecule is COCC(C)CN1CC(CCN)c2ccccc21. The lowest BCUT2D eigenvalue weighted by Gasteiger charge is -2.23. The quantitative estimate of drug-likeness (QED) is 0.839. The molecule has 1 aromatic rings. The van der Waals surface area contributed by atoms with E-state index in [0.29, 0.717) is 11.8 Å². The molecule has 0 amide bonds. The predicted molar refractivity (Wildman–Crippen MR) is 76.1 cm³/mol. The van der Waals surface area contributed by atoms with Crippen molar-refractivity contribution in [2.75, 3.05) is 38.3 Å². The zero-order chi connectivity index (χ0) is 13.0. The van der Waals surface area contributed by atoms with Gasteiger partial charge >= 0.3 is 0 Å². The van der Waals surface area contributed by atoms with Crippen molar-refractivity contribution in [3.8, 4) is 0 Å². The first-order chi connectivity index (χ1) is 8.76. The Morgan fingerprint density at radius 3 is 2.94 bits per heavy atom. The molecule has 3 nitrogen and oxygen atoms in total. The fraction of sp³-hybridized carbons (Fsp3) is 0.600. The summed E-state index contributed by atoms with van der Waals surface area (Å²) in [6, 6.07) is 8.73. The maximum absolute atomic E-state index is 5.72. The highest BCUT2D eigenvalue weighted by Crippen LogP contribution is 2.37. The number of methoxy groups -OCH3 is 1. The van der Waals surface area contributed by atoms with Crippen LogP contribution in [-0.4, -0.2) is 33.4 Å². The normalized spacial score (nSPS) is 19.9. The summed E-state index contributed by atoms with van der Waals surface area (Å²) in [6.45, 7) is 5.99. The van der Waals surface area contributed by atoms with E-state index in [1.807, 2.05) is 0 Å². The minimum atomic E-state index is 0.555. The number of anilines is 1. The number of para-hydroxylation sites is 1. The summed E-state index contributed by atoms with van der Waals surface area (Å²) in [5.74, 6) is 1.15. The molecule has 0 aromatic heterocycles. The fourth-order valence-corrected chi connectivity index (χ4v) is 2.92. The smallest absolute Gasteiger partial charge is 0.0504 e. The van der Waals surface area contributed by atoms with E-state index in [2.05, 4.69) is 36.1 Å². The molecule has 0 spiro atoms. The molecule has 0 radical (unpaired) electrons. The fourth-order valence-electron chi connectivity index (χ4n) is 2.92. The number of fused-ring (bicyclic) bond motifs is 1. The van der Waals surface area contributed by atoms with Crippen LogP contribution in [0.4, 0.5) is 5.69 Å². The van der Waals surface area contributed by atoms with Crippen molar-refractivity contribution in [3.05, 3.63) is 29.8 Å². The minimum Gasteiger partial charge on any atom is -0.384 e. The van der Waals surface area contributed by atoms with Crippen LogP contribution in [0.15, 0.2) is 24.3 Å². The van der Waals surface area contributed by atoms with E-state index in [1.54, 1.807) is 7.11 Å². The number of ether oxygens (including phenoxy) is 1. The Balaban J connectivity index is 2.10. The van der Waals surface area contributed by atoms with Crippen molar-refractivity contribution in [3.63, 3.8) is 0 Å². The van der Waals surface area contributed by atoms with Crippen molar-refractivity contribution in [2.24, 2.45) is 11.7 Å². The summed E-state index contributed by atoms with van der Waals surface area (Å²) in [4.78, 5) is 2.49. The van der Waals surface area contributed by atoms with E-state index in [4.69, 9.17) is 10.5 Å². The highest BCUT2D eigenvalue weighted by atomic mass is 16.5. The summed E-state index contributed by atoms with van der Waals surface area (Å²) in [5, 5.41) is 0. The van der Waals surface area contributed by atoms with Crippen LogP contribution in [0.3, 0.4) is 0 Å². The van der Waals surface area contributed by atoms with Crippen LogP contribution in [0, 0.1) is 5.92 Å². The molecular formula is C15H24N2O. The lowest BCUT2D eigenvalue weighted by molar-refractivity contribution is 0.161. The van der Waals surface area contributed by atoms with E-state index in [-0.39, 0.29) is 0 Å². The van der Waals surface area contributed by atoms with Gasteiger partial charge in [-0.05, 0) is 30.5 Å². The monoisotopic (exact) mass is 248 g/mol. The summed E-state index contributed by atoms with van der Waals surface area (Å²) in [5.41, 5.74) is 8.57. The Bertz CT molecular complexity index is 379. The summed E-state index contributed by atoms with van der Waals surface area (Å²) >= 11 is 0. The molecule has 2 N–H and O–H groups in total. The van der Waals surface area contributed by atoms with Crippen LogP contribution in [0.2, 0.25) is 0 Å². The van der Waals surface area contributed by atoms with Crippen LogP contribution in [0.25, 0.3) is 0 Å². The third-order valence-corrected chi connectivity index (χ3v) is 3.66. The molecule has 100 valence electrons. The molecule has 1 aliphatic rings. The molecule has 0 fully saturated rings. The van der Waals surface area contributed by atoms with Gasteiger partial charge in [0.25, 0.3) is 0 Å². The van der Waals surface area contributed by atoms with Crippen molar-refractivity contribution in [1.82, 2.24) is 0 Å². The Morgan fingerprint density at radius 2 is 2.22 bits per heavy atom. The lowest BCUT2D eigenvalue weighted by Crippen LogP contribution is -2.29. The first-order valence-electron chi connectivity index (χ1n) is 6.79. The molecule has 2 rings (SSSR count). The van der Waals surface area contributed by atoms with Crippen LogP contribution >= 0.6 is 0 Å². The molecule has 1 aromatic carbocycles. The average Bonchev–Trinajstić information content (AvgIpc) is 2.69. The second-order valence-corrected chi connectivity index (χ2v) is 5.30. The summed E-state index contributed by atoms with van der Waals surface area (Å²) < 4.78 is 5.23. The summed E-state index contributed by atoms with van der Waals surface area (Å²) in [7, 11) is 1.77. The highest BCUT2D eigenvalue weighted by molar-refractivity contribution is 5.60. The van der Waals surface area contributed by atoms with Crippen LogP contribution in [0.1, 0.15) is 24.8 Å². The second kappa shape index (κ2) is 6.21. The number of hydrogen-bond donors (Lipinski definition) is 1. The first-order valence-corrected chi connectivity index (χ1v) is 6.79. The number of hydrogen-bond acceptors (Lipinski definition) is 3. The molecule has 18 heavy (non-hydrogen) atoms. The standard InChI is InChI=1S/C15H24N2O/c1-12(11-18-2)9-17-10-13(7-8-16)14-5-3-4-6-15(14)17/h3-6,12-13H,7-11,16H2,1-2H3. The number of rotatable bonds is 6. The van der Waals surface area contributed by atoms with E-state index in [0.717, 1.165) is 32.7 Å². The topological polar surface area (TPSA) is 38.5 Å². The molecular weight excluding hydrogens is 224 g/mol.